The molecular weight excluding hydrogens is 416 g/mol. The monoisotopic (exact) mass is 446 g/mol. The quantitative estimate of drug-likeness (QED) is 0.738. The van der Waals surface area contributed by atoms with Gasteiger partial charge in [0, 0.05) is 25.2 Å². The van der Waals surface area contributed by atoms with Crippen LogP contribution in [0, 0.1) is 0 Å². The van der Waals surface area contributed by atoms with E-state index in [1.165, 1.54) is 11.1 Å². The minimum Gasteiger partial charge on any atom is -0.496 e. The molecule has 2 aromatic rings. The Balaban J connectivity index is 0.00000272. The second-order valence-corrected chi connectivity index (χ2v) is 7.93. The molecule has 0 saturated carbocycles. The van der Waals surface area contributed by atoms with E-state index in [-0.39, 0.29) is 23.9 Å². The molecular formula is C24H31ClN2O4. The first-order valence-corrected chi connectivity index (χ1v) is 10.6. The summed E-state index contributed by atoms with van der Waals surface area (Å²) < 4.78 is 17.6. The molecule has 1 spiro atoms. The third-order valence-electron chi connectivity index (χ3n) is 6.10. The lowest BCUT2D eigenvalue weighted by Crippen LogP contribution is -2.48. The standard InChI is InChI=1S/C24H30N2O4.ClH/c1-28-21-7-3-5-19-8-14-30-24(23(19)21)9-12-26(13-10-24)22(27)17-18-4-2-6-20(16-18)29-15-11-25;/h2-7,16H,8-15,17,25H2,1H3;1H. The van der Waals surface area contributed by atoms with Gasteiger partial charge in [-0.3, -0.25) is 4.79 Å². The van der Waals surface area contributed by atoms with Crippen molar-refractivity contribution >= 4 is 18.3 Å². The number of amides is 1. The number of piperidine rings is 1. The van der Waals surface area contributed by atoms with Gasteiger partial charge in [0.05, 0.1) is 20.1 Å². The second-order valence-electron chi connectivity index (χ2n) is 7.93. The fraction of sp³-hybridized carbons (Fsp3) is 0.458. The van der Waals surface area contributed by atoms with Gasteiger partial charge in [0.25, 0.3) is 0 Å². The SMILES string of the molecule is COc1cccc2c1C1(CCN(C(=O)Cc3cccc(OCCN)c3)CC1)OCC2.Cl. The van der Waals surface area contributed by atoms with Crippen LogP contribution in [0.4, 0.5) is 0 Å². The molecule has 4 rings (SSSR count). The molecule has 0 aromatic heterocycles. The highest BCUT2D eigenvalue weighted by molar-refractivity contribution is 5.85. The topological polar surface area (TPSA) is 74.0 Å². The van der Waals surface area contributed by atoms with Gasteiger partial charge in [-0.1, -0.05) is 24.3 Å². The molecule has 168 valence electrons. The van der Waals surface area contributed by atoms with Gasteiger partial charge in [-0.05, 0) is 48.6 Å². The number of hydrogen-bond donors (Lipinski definition) is 1. The highest BCUT2D eigenvalue weighted by atomic mass is 35.5. The Morgan fingerprint density at radius 3 is 2.71 bits per heavy atom. The molecule has 0 aliphatic carbocycles. The Hall–Kier alpha value is -2.28. The molecule has 2 heterocycles. The number of carbonyl (C=O) groups excluding carboxylic acids is 1. The van der Waals surface area contributed by atoms with Crippen molar-refractivity contribution in [3.8, 4) is 11.5 Å². The van der Waals surface area contributed by atoms with Gasteiger partial charge in [-0.25, -0.2) is 0 Å². The van der Waals surface area contributed by atoms with Crippen LogP contribution in [0.3, 0.4) is 0 Å². The minimum absolute atomic E-state index is 0. The Morgan fingerprint density at radius 1 is 1.19 bits per heavy atom. The second kappa shape index (κ2) is 10.4. The van der Waals surface area contributed by atoms with Gasteiger partial charge in [-0.2, -0.15) is 0 Å². The number of likely N-dealkylation sites (tertiary alicyclic amines) is 1. The van der Waals surface area contributed by atoms with Crippen LogP contribution in [0.25, 0.3) is 0 Å². The summed E-state index contributed by atoms with van der Waals surface area (Å²) in [6.07, 6.45) is 2.84. The third-order valence-corrected chi connectivity index (χ3v) is 6.10. The van der Waals surface area contributed by atoms with E-state index >= 15 is 0 Å². The van der Waals surface area contributed by atoms with Crippen molar-refractivity contribution in [3.05, 3.63) is 59.2 Å². The molecule has 0 bridgehead atoms. The molecule has 2 aromatic carbocycles. The van der Waals surface area contributed by atoms with Crippen molar-refractivity contribution in [2.75, 3.05) is 40.0 Å². The molecule has 2 aliphatic rings. The maximum Gasteiger partial charge on any atom is 0.226 e. The maximum absolute atomic E-state index is 12.9. The first-order valence-electron chi connectivity index (χ1n) is 10.6. The number of benzene rings is 2. The number of nitrogens with zero attached hydrogens (tertiary/aromatic N) is 1. The Morgan fingerprint density at radius 2 is 1.97 bits per heavy atom. The number of nitrogens with two attached hydrogens (primary N) is 1. The van der Waals surface area contributed by atoms with Crippen LogP contribution in [0.5, 0.6) is 11.5 Å². The van der Waals surface area contributed by atoms with E-state index in [1.807, 2.05) is 41.3 Å². The van der Waals surface area contributed by atoms with Gasteiger partial charge < -0.3 is 24.8 Å². The number of fused-ring (bicyclic) bond motifs is 2. The van der Waals surface area contributed by atoms with Crippen LogP contribution >= 0.6 is 12.4 Å². The molecule has 2 N–H and O–H groups in total. The number of carbonyl (C=O) groups is 1. The van der Waals surface area contributed by atoms with E-state index in [4.69, 9.17) is 19.9 Å². The maximum atomic E-state index is 12.9. The Bertz CT molecular complexity index is 883. The highest BCUT2D eigenvalue weighted by Gasteiger charge is 2.43. The van der Waals surface area contributed by atoms with Gasteiger partial charge in [0.15, 0.2) is 0 Å². The summed E-state index contributed by atoms with van der Waals surface area (Å²) in [6, 6.07) is 13.9. The van der Waals surface area contributed by atoms with Crippen LogP contribution in [-0.4, -0.2) is 50.8 Å². The zero-order chi connectivity index (χ0) is 21.0. The average molecular weight is 447 g/mol. The van der Waals surface area contributed by atoms with Crippen molar-refractivity contribution < 1.29 is 19.0 Å². The van der Waals surface area contributed by atoms with Crippen LogP contribution in [0.2, 0.25) is 0 Å². The first-order chi connectivity index (χ1) is 14.6. The molecule has 7 heteroatoms. The average Bonchev–Trinajstić information content (AvgIpc) is 2.78. The summed E-state index contributed by atoms with van der Waals surface area (Å²) in [5.41, 5.74) is 8.57. The predicted octanol–water partition coefficient (Wildman–Crippen LogP) is 3.09. The summed E-state index contributed by atoms with van der Waals surface area (Å²) >= 11 is 0. The molecule has 0 atom stereocenters. The van der Waals surface area contributed by atoms with Gasteiger partial charge in [-0.15, -0.1) is 12.4 Å². The summed E-state index contributed by atoms with van der Waals surface area (Å²) in [5.74, 6) is 1.78. The van der Waals surface area contributed by atoms with E-state index in [2.05, 4.69) is 6.07 Å². The van der Waals surface area contributed by atoms with Crippen molar-refractivity contribution in [2.24, 2.45) is 5.73 Å². The van der Waals surface area contributed by atoms with E-state index in [0.717, 1.165) is 36.3 Å². The largest absolute Gasteiger partial charge is 0.496 e. The molecule has 1 fully saturated rings. The van der Waals surface area contributed by atoms with Gasteiger partial charge in [0.2, 0.25) is 5.91 Å². The van der Waals surface area contributed by atoms with E-state index in [1.54, 1.807) is 7.11 Å². The third kappa shape index (κ3) is 4.97. The van der Waals surface area contributed by atoms with Crippen molar-refractivity contribution in [1.82, 2.24) is 4.90 Å². The lowest BCUT2D eigenvalue weighted by atomic mass is 9.78. The fourth-order valence-electron chi connectivity index (χ4n) is 4.62. The lowest BCUT2D eigenvalue weighted by Gasteiger charge is -2.45. The van der Waals surface area contributed by atoms with Gasteiger partial charge >= 0.3 is 0 Å². The number of methoxy groups -OCH3 is 1. The summed E-state index contributed by atoms with van der Waals surface area (Å²) in [6.45, 7) is 3.01. The van der Waals surface area contributed by atoms with Crippen LogP contribution in [-0.2, 0) is 28.0 Å². The van der Waals surface area contributed by atoms with Crippen LogP contribution in [0.1, 0.15) is 29.5 Å². The predicted molar refractivity (Wildman–Crippen MR) is 122 cm³/mol. The molecule has 6 nitrogen and oxygen atoms in total. The molecule has 0 radical (unpaired) electrons. The Labute approximate surface area is 190 Å². The van der Waals surface area contributed by atoms with Crippen molar-refractivity contribution in [1.29, 1.82) is 0 Å². The van der Waals surface area contributed by atoms with Crippen LogP contribution in [0.15, 0.2) is 42.5 Å². The van der Waals surface area contributed by atoms with Gasteiger partial charge in [0.1, 0.15) is 23.7 Å². The highest BCUT2D eigenvalue weighted by Crippen LogP contribution is 2.45. The number of ether oxygens (including phenoxy) is 3. The summed E-state index contributed by atoms with van der Waals surface area (Å²) in [4.78, 5) is 14.9. The number of halogens is 1. The first kappa shape index (κ1) is 23.4. The molecule has 0 unspecified atom stereocenters. The lowest BCUT2D eigenvalue weighted by molar-refractivity contribution is -0.140. The summed E-state index contributed by atoms with van der Waals surface area (Å²) in [7, 11) is 1.71. The minimum atomic E-state index is -0.354. The smallest absolute Gasteiger partial charge is 0.226 e. The molecule has 31 heavy (non-hydrogen) atoms. The van der Waals surface area contributed by atoms with E-state index in [9.17, 15) is 4.79 Å². The fourth-order valence-corrected chi connectivity index (χ4v) is 4.62. The zero-order valence-electron chi connectivity index (χ0n) is 18.0. The number of hydrogen-bond acceptors (Lipinski definition) is 5. The molecule has 1 saturated heterocycles. The summed E-state index contributed by atoms with van der Waals surface area (Å²) in [5, 5.41) is 0. The Kier molecular flexibility index (Phi) is 7.81. The van der Waals surface area contributed by atoms with Crippen molar-refractivity contribution in [3.63, 3.8) is 0 Å². The van der Waals surface area contributed by atoms with E-state index in [0.29, 0.717) is 39.3 Å². The normalized spacial score (nSPS) is 16.9. The zero-order valence-corrected chi connectivity index (χ0v) is 18.8. The molecule has 2 aliphatic heterocycles. The van der Waals surface area contributed by atoms with Crippen molar-refractivity contribution in [2.45, 2.75) is 31.3 Å². The van der Waals surface area contributed by atoms with E-state index < -0.39 is 0 Å². The number of rotatable bonds is 6. The van der Waals surface area contributed by atoms with Crippen LogP contribution < -0.4 is 15.2 Å². The molecule has 1 amide bonds.